The Morgan fingerprint density at radius 1 is 1.48 bits per heavy atom. The number of halogens is 1. The SMILES string of the molecule is O=C(N[C@@H]1C[C@@H]2CCN(C2)C1)c1cc2c(Cl)coc2cn1. The summed E-state index contributed by atoms with van der Waals surface area (Å²) in [6.07, 6.45) is 5.32. The van der Waals surface area contributed by atoms with E-state index in [0.29, 0.717) is 16.3 Å². The Kier molecular flexibility index (Phi) is 3.12. The van der Waals surface area contributed by atoms with Gasteiger partial charge in [-0.05, 0) is 31.4 Å². The molecule has 0 spiro atoms. The van der Waals surface area contributed by atoms with Crippen LogP contribution in [0.4, 0.5) is 0 Å². The van der Waals surface area contributed by atoms with E-state index in [0.717, 1.165) is 30.8 Å². The van der Waals surface area contributed by atoms with E-state index < -0.39 is 0 Å². The van der Waals surface area contributed by atoms with Gasteiger partial charge in [0, 0.05) is 24.5 Å². The standard InChI is InChI=1S/C15H16ClN3O2/c16-12-8-21-14-5-17-13(4-11(12)14)15(20)18-10-3-9-1-2-19(6-9)7-10/h4-5,8-10H,1-3,6-7H2,(H,18,20)/t9-,10+/m0/s1. The Balaban J connectivity index is 1.52. The first-order valence-electron chi connectivity index (χ1n) is 7.25. The topological polar surface area (TPSA) is 58.4 Å². The van der Waals surface area contributed by atoms with Crippen molar-refractivity contribution >= 4 is 28.5 Å². The average molecular weight is 306 g/mol. The minimum Gasteiger partial charge on any atom is -0.461 e. The van der Waals surface area contributed by atoms with Crippen molar-refractivity contribution < 1.29 is 9.21 Å². The molecule has 4 heterocycles. The second-order valence-corrected chi connectivity index (χ2v) is 6.38. The average Bonchev–Trinajstić information content (AvgIpc) is 3.02. The lowest BCUT2D eigenvalue weighted by Gasteiger charge is -2.30. The molecular formula is C15H16ClN3O2. The molecular weight excluding hydrogens is 290 g/mol. The van der Waals surface area contributed by atoms with Crippen LogP contribution in [-0.4, -0.2) is 41.5 Å². The summed E-state index contributed by atoms with van der Waals surface area (Å²) in [5.74, 6) is 0.587. The molecule has 1 N–H and O–H groups in total. The first-order valence-corrected chi connectivity index (χ1v) is 7.63. The highest BCUT2D eigenvalue weighted by Crippen LogP contribution is 2.27. The van der Waals surface area contributed by atoms with Gasteiger partial charge in [0.25, 0.3) is 5.91 Å². The van der Waals surface area contributed by atoms with E-state index in [1.54, 1.807) is 12.3 Å². The van der Waals surface area contributed by atoms with Crippen molar-refractivity contribution in [3.05, 3.63) is 29.2 Å². The highest BCUT2D eigenvalue weighted by molar-refractivity contribution is 6.35. The molecule has 5 nitrogen and oxygen atoms in total. The van der Waals surface area contributed by atoms with E-state index in [-0.39, 0.29) is 11.9 Å². The number of pyridine rings is 1. The largest absolute Gasteiger partial charge is 0.461 e. The van der Waals surface area contributed by atoms with Gasteiger partial charge >= 0.3 is 0 Å². The zero-order valence-corrected chi connectivity index (χ0v) is 12.3. The number of nitrogens with one attached hydrogen (secondary N) is 1. The predicted molar refractivity (Wildman–Crippen MR) is 79.4 cm³/mol. The van der Waals surface area contributed by atoms with E-state index in [1.165, 1.54) is 19.2 Å². The number of fused-ring (bicyclic) bond motifs is 3. The van der Waals surface area contributed by atoms with Crippen LogP contribution >= 0.6 is 11.6 Å². The molecule has 1 unspecified atom stereocenters. The predicted octanol–water partition coefficient (Wildman–Crippen LogP) is 2.31. The molecule has 110 valence electrons. The minimum absolute atomic E-state index is 0.137. The molecule has 0 radical (unpaired) electrons. The van der Waals surface area contributed by atoms with Crippen LogP contribution in [0, 0.1) is 5.92 Å². The van der Waals surface area contributed by atoms with Crippen LogP contribution in [0.25, 0.3) is 11.0 Å². The zero-order valence-electron chi connectivity index (χ0n) is 11.5. The van der Waals surface area contributed by atoms with Crippen LogP contribution in [0.5, 0.6) is 0 Å². The number of carbonyl (C=O) groups excluding carboxylic acids is 1. The molecule has 2 aromatic heterocycles. The third-order valence-corrected chi connectivity index (χ3v) is 4.74. The fourth-order valence-corrected chi connectivity index (χ4v) is 3.64. The van der Waals surface area contributed by atoms with E-state index in [4.69, 9.17) is 16.0 Å². The summed E-state index contributed by atoms with van der Waals surface area (Å²) in [4.78, 5) is 18.9. The van der Waals surface area contributed by atoms with Gasteiger partial charge in [0.2, 0.25) is 0 Å². The van der Waals surface area contributed by atoms with Crippen molar-refractivity contribution in [2.75, 3.05) is 19.6 Å². The van der Waals surface area contributed by atoms with Crippen LogP contribution in [0.15, 0.2) is 22.9 Å². The summed E-state index contributed by atoms with van der Waals surface area (Å²) in [5.41, 5.74) is 0.983. The van der Waals surface area contributed by atoms with Crippen LogP contribution in [0.2, 0.25) is 5.02 Å². The first-order chi connectivity index (χ1) is 10.2. The molecule has 1 amide bonds. The lowest BCUT2D eigenvalue weighted by molar-refractivity contribution is 0.0904. The number of carbonyl (C=O) groups is 1. The summed E-state index contributed by atoms with van der Waals surface area (Å²) in [5, 5.41) is 4.32. The number of aromatic nitrogens is 1. The molecule has 6 heteroatoms. The van der Waals surface area contributed by atoms with Gasteiger partial charge in [-0.15, -0.1) is 0 Å². The fourth-order valence-electron chi connectivity index (χ4n) is 3.45. The molecule has 21 heavy (non-hydrogen) atoms. The summed E-state index contributed by atoms with van der Waals surface area (Å²) in [6, 6.07) is 1.91. The Hall–Kier alpha value is -1.59. The van der Waals surface area contributed by atoms with Gasteiger partial charge in [-0.25, -0.2) is 4.98 Å². The molecule has 2 aliphatic rings. The van der Waals surface area contributed by atoms with Crippen molar-refractivity contribution in [1.82, 2.24) is 15.2 Å². The Morgan fingerprint density at radius 2 is 2.38 bits per heavy atom. The van der Waals surface area contributed by atoms with Crippen LogP contribution in [0.1, 0.15) is 23.3 Å². The van der Waals surface area contributed by atoms with Crippen LogP contribution < -0.4 is 5.32 Å². The molecule has 2 fully saturated rings. The van der Waals surface area contributed by atoms with Gasteiger partial charge in [-0.1, -0.05) is 11.6 Å². The van der Waals surface area contributed by atoms with Gasteiger partial charge in [-0.3, -0.25) is 4.79 Å². The van der Waals surface area contributed by atoms with E-state index in [1.807, 2.05) is 0 Å². The summed E-state index contributed by atoms with van der Waals surface area (Å²) < 4.78 is 5.24. The number of rotatable bonds is 2. The number of hydrogen-bond acceptors (Lipinski definition) is 4. The lowest BCUT2D eigenvalue weighted by atomic mass is 9.97. The highest BCUT2D eigenvalue weighted by atomic mass is 35.5. The Labute approximate surface area is 127 Å². The van der Waals surface area contributed by atoms with Crippen molar-refractivity contribution in [2.45, 2.75) is 18.9 Å². The summed E-state index contributed by atoms with van der Waals surface area (Å²) >= 11 is 6.03. The summed E-state index contributed by atoms with van der Waals surface area (Å²) in [7, 11) is 0. The minimum atomic E-state index is -0.137. The zero-order chi connectivity index (χ0) is 14.4. The van der Waals surface area contributed by atoms with E-state index in [9.17, 15) is 4.79 Å². The third-order valence-electron chi connectivity index (χ3n) is 4.45. The number of furan rings is 1. The first kappa shape index (κ1) is 13.1. The van der Waals surface area contributed by atoms with Crippen LogP contribution in [0.3, 0.4) is 0 Å². The van der Waals surface area contributed by atoms with Crippen molar-refractivity contribution in [3.63, 3.8) is 0 Å². The molecule has 2 bridgehead atoms. The molecule has 2 aromatic rings. The highest BCUT2D eigenvalue weighted by Gasteiger charge is 2.33. The molecule has 4 rings (SSSR count). The second-order valence-electron chi connectivity index (χ2n) is 5.97. The number of nitrogens with zero attached hydrogens (tertiary/aromatic N) is 2. The smallest absolute Gasteiger partial charge is 0.270 e. The monoisotopic (exact) mass is 305 g/mol. The van der Waals surface area contributed by atoms with Gasteiger partial charge in [0.15, 0.2) is 5.58 Å². The van der Waals surface area contributed by atoms with Gasteiger partial charge < -0.3 is 14.6 Å². The summed E-state index contributed by atoms with van der Waals surface area (Å²) in [6.45, 7) is 3.28. The maximum Gasteiger partial charge on any atom is 0.270 e. The molecule has 0 aromatic carbocycles. The van der Waals surface area contributed by atoms with Crippen molar-refractivity contribution in [2.24, 2.45) is 5.92 Å². The molecule has 0 aliphatic carbocycles. The Bertz CT molecular complexity index is 687. The molecule has 3 atom stereocenters. The molecule has 2 saturated heterocycles. The molecule has 2 aliphatic heterocycles. The third kappa shape index (κ3) is 2.40. The normalized spacial score (nSPS) is 28.0. The number of amides is 1. The van der Waals surface area contributed by atoms with Gasteiger partial charge in [0.05, 0.1) is 11.2 Å². The van der Waals surface area contributed by atoms with E-state index in [2.05, 4.69) is 15.2 Å². The van der Waals surface area contributed by atoms with E-state index >= 15 is 0 Å². The fraction of sp³-hybridized carbons (Fsp3) is 0.467. The van der Waals surface area contributed by atoms with Gasteiger partial charge in [0.1, 0.15) is 12.0 Å². The van der Waals surface area contributed by atoms with Crippen molar-refractivity contribution in [3.8, 4) is 0 Å². The quantitative estimate of drug-likeness (QED) is 0.925. The Morgan fingerprint density at radius 3 is 3.24 bits per heavy atom. The second kappa shape index (κ2) is 5.00. The maximum absolute atomic E-state index is 12.4. The lowest BCUT2D eigenvalue weighted by Crippen LogP contribution is -2.47. The number of hydrogen-bond donors (Lipinski definition) is 1. The maximum atomic E-state index is 12.4. The number of piperidine rings is 1. The molecule has 0 saturated carbocycles. The van der Waals surface area contributed by atoms with Crippen LogP contribution in [-0.2, 0) is 0 Å². The van der Waals surface area contributed by atoms with Gasteiger partial charge in [-0.2, -0.15) is 0 Å². The van der Waals surface area contributed by atoms with Crippen molar-refractivity contribution in [1.29, 1.82) is 0 Å².